The molecule has 0 saturated heterocycles. The van der Waals surface area contributed by atoms with Gasteiger partial charge in [-0.3, -0.25) is 4.79 Å². The Morgan fingerprint density at radius 3 is 2.83 bits per heavy atom. The maximum Gasteiger partial charge on any atom is 0.240 e. The molecule has 0 radical (unpaired) electrons. The second-order valence-corrected chi connectivity index (χ2v) is 7.94. The molecule has 3 aromatic rings. The summed E-state index contributed by atoms with van der Waals surface area (Å²) in [5, 5.41) is 5.15. The van der Waals surface area contributed by atoms with Crippen LogP contribution in [0, 0.1) is 0 Å². The summed E-state index contributed by atoms with van der Waals surface area (Å²) in [4.78, 5) is 15.7. The van der Waals surface area contributed by atoms with E-state index in [0.717, 1.165) is 21.2 Å². The van der Waals surface area contributed by atoms with E-state index < -0.39 is 0 Å². The Hall–Kier alpha value is -2.83. The van der Waals surface area contributed by atoms with Gasteiger partial charge in [-0.05, 0) is 29.8 Å². The summed E-state index contributed by atoms with van der Waals surface area (Å²) in [5.74, 6) is -0.0189. The van der Waals surface area contributed by atoms with Crippen LogP contribution in [0.25, 0.3) is 17.0 Å². The Labute approximate surface area is 175 Å². The number of hydrogen-bond acceptors (Lipinski definition) is 4. The van der Waals surface area contributed by atoms with E-state index in [1.807, 2.05) is 12.1 Å². The molecule has 2 heterocycles. The summed E-state index contributed by atoms with van der Waals surface area (Å²) in [6, 6.07) is 18.7. The molecule has 0 unspecified atom stereocenters. The molecule has 2 aromatic carbocycles. The number of carbonyl (C=O) groups excluding carboxylic acids is 1. The molecule has 1 amide bonds. The summed E-state index contributed by atoms with van der Waals surface area (Å²) in [7, 11) is 3.68. The number of fused-ring (bicyclic) bond motifs is 2. The summed E-state index contributed by atoms with van der Waals surface area (Å²) in [6.45, 7) is 1.29. The predicted octanol–water partition coefficient (Wildman–Crippen LogP) is 3.34. The van der Waals surface area contributed by atoms with Crippen LogP contribution in [-0.4, -0.2) is 32.7 Å². The van der Waals surface area contributed by atoms with E-state index in [4.69, 9.17) is 4.74 Å². The van der Waals surface area contributed by atoms with Crippen molar-refractivity contribution in [3.8, 4) is 0 Å². The quantitative estimate of drug-likeness (QED) is 0.504. The number of anilines is 1. The van der Waals surface area contributed by atoms with Crippen LogP contribution in [0.2, 0.25) is 0 Å². The normalized spacial score (nSPS) is 14.4. The van der Waals surface area contributed by atoms with Gasteiger partial charge in [0.2, 0.25) is 11.4 Å². The SMILES string of the molecule is COCCNC(=O)CN1/C(=C/c2cc[n+](C)c3ccccc23)Sc2ccccc21. The molecule has 0 aliphatic carbocycles. The first kappa shape index (κ1) is 19.5. The largest absolute Gasteiger partial charge is 0.383 e. The van der Waals surface area contributed by atoms with Gasteiger partial charge in [0.1, 0.15) is 13.6 Å². The number of hydrogen-bond donors (Lipinski definition) is 1. The van der Waals surface area contributed by atoms with Crippen molar-refractivity contribution in [2.24, 2.45) is 7.05 Å². The molecular weight excluding hydrogens is 382 g/mol. The number of nitrogens with one attached hydrogen (secondary N) is 1. The molecule has 1 aromatic heterocycles. The number of benzene rings is 2. The van der Waals surface area contributed by atoms with Gasteiger partial charge in [0.05, 0.1) is 22.7 Å². The Morgan fingerprint density at radius 1 is 1.17 bits per heavy atom. The first-order chi connectivity index (χ1) is 14.2. The molecule has 0 fully saturated rings. The highest BCUT2D eigenvalue weighted by molar-refractivity contribution is 8.03. The Morgan fingerprint density at radius 2 is 1.97 bits per heavy atom. The van der Waals surface area contributed by atoms with Gasteiger partial charge < -0.3 is 15.0 Å². The Bertz CT molecular complexity index is 1080. The zero-order valence-corrected chi connectivity index (χ0v) is 17.4. The number of amides is 1. The van der Waals surface area contributed by atoms with E-state index in [-0.39, 0.29) is 12.5 Å². The van der Waals surface area contributed by atoms with E-state index in [1.54, 1.807) is 18.9 Å². The van der Waals surface area contributed by atoms with Crippen molar-refractivity contribution in [2.45, 2.75) is 4.90 Å². The maximum absolute atomic E-state index is 12.5. The lowest BCUT2D eigenvalue weighted by molar-refractivity contribution is -0.644. The molecule has 0 atom stereocenters. The highest BCUT2D eigenvalue weighted by atomic mass is 32.2. The smallest absolute Gasteiger partial charge is 0.240 e. The Kier molecular flexibility index (Phi) is 5.83. The van der Waals surface area contributed by atoms with Gasteiger partial charge in [0, 0.05) is 30.7 Å². The van der Waals surface area contributed by atoms with Gasteiger partial charge in [-0.15, -0.1) is 0 Å². The maximum atomic E-state index is 12.5. The van der Waals surface area contributed by atoms with Gasteiger partial charge in [-0.25, -0.2) is 4.57 Å². The lowest BCUT2D eigenvalue weighted by Crippen LogP contribution is -2.36. The molecule has 29 heavy (non-hydrogen) atoms. The minimum atomic E-state index is -0.0189. The van der Waals surface area contributed by atoms with Crippen LogP contribution < -0.4 is 14.8 Å². The fourth-order valence-electron chi connectivity index (χ4n) is 3.46. The third-order valence-electron chi connectivity index (χ3n) is 4.92. The fourth-order valence-corrected chi connectivity index (χ4v) is 4.58. The van der Waals surface area contributed by atoms with Crippen LogP contribution in [-0.2, 0) is 16.6 Å². The van der Waals surface area contributed by atoms with E-state index in [0.29, 0.717) is 13.2 Å². The Balaban J connectivity index is 1.69. The van der Waals surface area contributed by atoms with E-state index in [2.05, 4.69) is 76.6 Å². The fraction of sp³-hybridized carbons (Fsp3) is 0.217. The second-order valence-electron chi connectivity index (χ2n) is 6.88. The number of methoxy groups -OCH3 is 1. The number of thioether (sulfide) groups is 1. The number of para-hydroxylation sites is 2. The molecule has 148 valence electrons. The van der Waals surface area contributed by atoms with Crippen molar-refractivity contribution >= 4 is 40.3 Å². The van der Waals surface area contributed by atoms with Gasteiger partial charge in [0.15, 0.2) is 6.20 Å². The molecule has 1 N–H and O–H groups in total. The zero-order valence-electron chi connectivity index (χ0n) is 16.6. The number of ether oxygens (including phenoxy) is 1. The van der Waals surface area contributed by atoms with Crippen molar-refractivity contribution in [1.29, 1.82) is 0 Å². The third-order valence-corrected chi connectivity index (χ3v) is 6.03. The predicted molar refractivity (Wildman–Crippen MR) is 118 cm³/mol. The molecule has 4 rings (SSSR count). The van der Waals surface area contributed by atoms with Crippen LogP contribution in [0.3, 0.4) is 0 Å². The monoisotopic (exact) mass is 406 g/mol. The van der Waals surface area contributed by atoms with Gasteiger partial charge in [0.25, 0.3) is 0 Å². The van der Waals surface area contributed by atoms with Crippen molar-refractivity contribution in [2.75, 3.05) is 31.7 Å². The van der Waals surface area contributed by atoms with E-state index >= 15 is 0 Å². The van der Waals surface area contributed by atoms with Gasteiger partial charge in [-0.1, -0.05) is 36.0 Å². The zero-order chi connectivity index (χ0) is 20.2. The number of aryl methyl sites for hydroxylation is 1. The highest BCUT2D eigenvalue weighted by Crippen LogP contribution is 2.46. The van der Waals surface area contributed by atoms with Crippen LogP contribution in [0.5, 0.6) is 0 Å². The highest BCUT2D eigenvalue weighted by Gasteiger charge is 2.27. The summed E-state index contributed by atoms with van der Waals surface area (Å²) >= 11 is 1.70. The van der Waals surface area contributed by atoms with Crippen LogP contribution >= 0.6 is 11.8 Å². The molecule has 0 saturated carbocycles. The van der Waals surface area contributed by atoms with Crippen molar-refractivity contribution in [1.82, 2.24) is 5.32 Å². The minimum Gasteiger partial charge on any atom is -0.383 e. The summed E-state index contributed by atoms with van der Waals surface area (Å²) in [5.41, 5.74) is 3.38. The van der Waals surface area contributed by atoms with Gasteiger partial charge in [-0.2, -0.15) is 0 Å². The van der Waals surface area contributed by atoms with Crippen molar-refractivity contribution in [3.05, 3.63) is 71.4 Å². The number of rotatable bonds is 6. The van der Waals surface area contributed by atoms with Gasteiger partial charge >= 0.3 is 0 Å². The molecule has 6 heteroatoms. The first-order valence-corrected chi connectivity index (χ1v) is 10.4. The minimum absolute atomic E-state index is 0.0189. The average molecular weight is 407 g/mol. The molecular formula is C23H24N3O2S+. The van der Waals surface area contributed by atoms with E-state index in [9.17, 15) is 4.79 Å². The number of carbonyl (C=O) groups is 1. The number of pyridine rings is 1. The summed E-state index contributed by atoms with van der Waals surface area (Å²) < 4.78 is 7.14. The lowest BCUT2D eigenvalue weighted by Gasteiger charge is -2.20. The second kappa shape index (κ2) is 8.68. The molecule has 5 nitrogen and oxygen atoms in total. The topological polar surface area (TPSA) is 45.5 Å². The average Bonchev–Trinajstić information content (AvgIpc) is 3.07. The molecule has 1 aliphatic heterocycles. The van der Waals surface area contributed by atoms with Crippen LogP contribution in [0.15, 0.2) is 70.7 Å². The van der Waals surface area contributed by atoms with Crippen molar-refractivity contribution < 1.29 is 14.1 Å². The van der Waals surface area contributed by atoms with E-state index in [1.165, 1.54) is 10.9 Å². The third kappa shape index (κ3) is 4.13. The summed E-state index contributed by atoms with van der Waals surface area (Å²) in [6.07, 6.45) is 4.25. The number of nitrogens with zero attached hydrogens (tertiary/aromatic N) is 2. The first-order valence-electron chi connectivity index (χ1n) is 9.56. The molecule has 0 bridgehead atoms. The molecule has 1 aliphatic rings. The van der Waals surface area contributed by atoms with Crippen LogP contribution in [0.1, 0.15) is 5.56 Å². The van der Waals surface area contributed by atoms with Crippen molar-refractivity contribution in [3.63, 3.8) is 0 Å². The molecule has 0 spiro atoms. The lowest BCUT2D eigenvalue weighted by atomic mass is 10.1. The van der Waals surface area contributed by atoms with Crippen LogP contribution in [0.4, 0.5) is 5.69 Å². The standard InChI is InChI=1S/C23H23N3O2S/c1-25-13-11-17(18-7-3-4-8-19(18)25)15-23-26(16-22(27)24-12-14-28-2)20-9-5-6-10-21(20)29-23/h3-11,13,15H,12,14,16H2,1-2H3/p+1. The number of aromatic nitrogens is 1.